The van der Waals surface area contributed by atoms with Crippen LogP contribution in [0, 0.1) is 6.92 Å². The molecule has 0 radical (unpaired) electrons. The lowest BCUT2D eigenvalue weighted by Gasteiger charge is -1.94. The van der Waals surface area contributed by atoms with E-state index in [1.54, 1.807) is 16.0 Å². The number of thiazole rings is 1. The monoisotopic (exact) mass is 223 g/mol. The Kier molecular flexibility index (Phi) is 3.08. The number of aromatic nitrogens is 4. The quantitative estimate of drug-likeness (QED) is 0.833. The Hall–Kier alpha value is -1.27. The van der Waals surface area contributed by atoms with Gasteiger partial charge in [-0.05, 0) is 14.0 Å². The van der Waals surface area contributed by atoms with E-state index >= 15 is 0 Å². The molecule has 0 aliphatic carbocycles. The van der Waals surface area contributed by atoms with Crippen LogP contribution < -0.4 is 5.32 Å². The van der Waals surface area contributed by atoms with Gasteiger partial charge in [-0.2, -0.15) is 0 Å². The maximum absolute atomic E-state index is 4.38. The largest absolute Gasteiger partial charge is 0.314 e. The van der Waals surface area contributed by atoms with Crippen molar-refractivity contribution in [3.05, 3.63) is 28.0 Å². The minimum Gasteiger partial charge on any atom is -0.314 e. The highest BCUT2D eigenvalue weighted by molar-refractivity contribution is 7.09. The molecule has 0 atom stereocenters. The van der Waals surface area contributed by atoms with Crippen molar-refractivity contribution < 1.29 is 0 Å². The van der Waals surface area contributed by atoms with Gasteiger partial charge in [0.15, 0.2) is 0 Å². The summed E-state index contributed by atoms with van der Waals surface area (Å²) in [4.78, 5) is 4.38. The standard InChI is InChI=1S/C9H13N5S/c1-7-11-9(6-15-7)5-14-4-8(3-10-2)12-13-14/h4,6,10H,3,5H2,1-2H3. The zero-order valence-corrected chi connectivity index (χ0v) is 9.58. The van der Waals surface area contributed by atoms with Gasteiger partial charge in [0.25, 0.3) is 0 Å². The van der Waals surface area contributed by atoms with E-state index in [0.29, 0.717) is 6.54 Å². The molecule has 0 amide bonds. The van der Waals surface area contributed by atoms with E-state index in [1.807, 2.05) is 20.2 Å². The summed E-state index contributed by atoms with van der Waals surface area (Å²) in [6, 6.07) is 0. The molecular weight excluding hydrogens is 210 g/mol. The smallest absolute Gasteiger partial charge is 0.0964 e. The maximum Gasteiger partial charge on any atom is 0.0964 e. The molecule has 0 unspecified atom stereocenters. The summed E-state index contributed by atoms with van der Waals surface area (Å²) in [7, 11) is 1.89. The third-order valence-corrected chi connectivity index (χ3v) is 2.76. The fourth-order valence-corrected chi connectivity index (χ4v) is 1.93. The molecule has 2 rings (SSSR count). The topological polar surface area (TPSA) is 55.6 Å². The predicted molar refractivity (Wildman–Crippen MR) is 58.7 cm³/mol. The zero-order valence-electron chi connectivity index (χ0n) is 8.77. The van der Waals surface area contributed by atoms with Crippen LogP contribution in [-0.2, 0) is 13.1 Å². The highest BCUT2D eigenvalue weighted by Crippen LogP contribution is 2.08. The average Bonchev–Trinajstić information content (AvgIpc) is 2.78. The molecule has 1 N–H and O–H groups in total. The first-order chi connectivity index (χ1) is 7.28. The molecule has 0 spiro atoms. The van der Waals surface area contributed by atoms with E-state index in [0.717, 1.165) is 22.9 Å². The summed E-state index contributed by atoms with van der Waals surface area (Å²) >= 11 is 1.66. The van der Waals surface area contributed by atoms with Crippen LogP contribution in [0.1, 0.15) is 16.4 Å². The van der Waals surface area contributed by atoms with Gasteiger partial charge >= 0.3 is 0 Å². The molecule has 0 bridgehead atoms. The lowest BCUT2D eigenvalue weighted by molar-refractivity contribution is 0.639. The van der Waals surface area contributed by atoms with E-state index in [1.165, 1.54) is 0 Å². The van der Waals surface area contributed by atoms with Crippen molar-refractivity contribution >= 4 is 11.3 Å². The Labute approximate surface area is 92.2 Å². The van der Waals surface area contributed by atoms with Crippen LogP contribution >= 0.6 is 11.3 Å². The van der Waals surface area contributed by atoms with E-state index < -0.39 is 0 Å². The van der Waals surface area contributed by atoms with Gasteiger partial charge in [-0.1, -0.05) is 5.21 Å². The Morgan fingerprint density at radius 2 is 2.33 bits per heavy atom. The van der Waals surface area contributed by atoms with Gasteiger partial charge in [-0.15, -0.1) is 16.4 Å². The normalized spacial score (nSPS) is 10.8. The van der Waals surface area contributed by atoms with Crippen molar-refractivity contribution in [2.45, 2.75) is 20.0 Å². The summed E-state index contributed by atoms with van der Waals surface area (Å²) < 4.78 is 1.81. The second kappa shape index (κ2) is 4.50. The summed E-state index contributed by atoms with van der Waals surface area (Å²) in [6.45, 7) is 3.44. The summed E-state index contributed by atoms with van der Waals surface area (Å²) in [5, 5.41) is 14.2. The lowest BCUT2D eigenvalue weighted by Crippen LogP contribution is -2.05. The molecule has 2 aromatic rings. The number of hydrogen-bond acceptors (Lipinski definition) is 5. The number of rotatable bonds is 4. The van der Waals surface area contributed by atoms with Crippen LogP contribution in [0.4, 0.5) is 0 Å². The summed E-state index contributed by atoms with van der Waals surface area (Å²) in [6.07, 6.45) is 1.94. The van der Waals surface area contributed by atoms with E-state index in [9.17, 15) is 0 Å². The first-order valence-electron chi connectivity index (χ1n) is 4.72. The predicted octanol–water partition coefficient (Wildman–Crippen LogP) is 0.811. The summed E-state index contributed by atoms with van der Waals surface area (Å²) in [5.74, 6) is 0. The number of hydrogen-bond donors (Lipinski definition) is 1. The van der Waals surface area contributed by atoms with Crippen molar-refractivity contribution in [3.63, 3.8) is 0 Å². The van der Waals surface area contributed by atoms with Gasteiger partial charge in [0.1, 0.15) is 0 Å². The molecule has 0 saturated carbocycles. The van der Waals surface area contributed by atoms with E-state index in [4.69, 9.17) is 0 Å². The molecular formula is C9H13N5S. The molecule has 80 valence electrons. The van der Waals surface area contributed by atoms with Crippen LogP contribution in [0.5, 0.6) is 0 Å². The van der Waals surface area contributed by atoms with E-state index in [-0.39, 0.29) is 0 Å². The highest BCUT2D eigenvalue weighted by atomic mass is 32.1. The molecule has 15 heavy (non-hydrogen) atoms. The van der Waals surface area contributed by atoms with Gasteiger partial charge in [-0.25, -0.2) is 9.67 Å². The Balaban J connectivity index is 2.04. The van der Waals surface area contributed by atoms with Crippen LogP contribution in [0.2, 0.25) is 0 Å². The van der Waals surface area contributed by atoms with Crippen LogP contribution in [0.3, 0.4) is 0 Å². The number of nitrogens with one attached hydrogen (secondary N) is 1. The fourth-order valence-electron chi connectivity index (χ4n) is 1.32. The Morgan fingerprint density at radius 3 is 3.00 bits per heavy atom. The molecule has 0 aliphatic rings. The van der Waals surface area contributed by atoms with Gasteiger partial charge < -0.3 is 5.32 Å². The van der Waals surface area contributed by atoms with E-state index in [2.05, 4.69) is 26.0 Å². The minimum atomic E-state index is 0.695. The van der Waals surface area contributed by atoms with Gasteiger partial charge in [0, 0.05) is 11.9 Å². The SMILES string of the molecule is CNCc1cn(Cc2csc(C)n2)nn1. The van der Waals surface area contributed by atoms with Crippen molar-refractivity contribution in [3.8, 4) is 0 Å². The first-order valence-corrected chi connectivity index (χ1v) is 5.60. The summed E-state index contributed by atoms with van der Waals surface area (Å²) in [5.41, 5.74) is 1.99. The van der Waals surface area contributed by atoms with Crippen molar-refractivity contribution in [1.82, 2.24) is 25.3 Å². The third kappa shape index (κ3) is 2.60. The zero-order chi connectivity index (χ0) is 10.7. The van der Waals surface area contributed by atoms with Crippen molar-refractivity contribution in [1.29, 1.82) is 0 Å². The minimum absolute atomic E-state index is 0.695. The maximum atomic E-state index is 4.38. The molecule has 0 fully saturated rings. The van der Waals surface area contributed by atoms with Crippen molar-refractivity contribution in [2.75, 3.05) is 7.05 Å². The molecule has 0 saturated heterocycles. The number of nitrogens with zero attached hydrogens (tertiary/aromatic N) is 4. The fraction of sp³-hybridized carbons (Fsp3) is 0.444. The van der Waals surface area contributed by atoms with Gasteiger partial charge in [0.2, 0.25) is 0 Å². The molecule has 6 heteroatoms. The second-order valence-electron chi connectivity index (χ2n) is 3.30. The van der Waals surface area contributed by atoms with Crippen LogP contribution in [0.25, 0.3) is 0 Å². The lowest BCUT2D eigenvalue weighted by atomic mass is 10.4. The molecule has 5 nitrogen and oxygen atoms in total. The Morgan fingerprint density at radius 1 is 1.47 bits per heavy atom. The first kappa shape index (κ1) is 10.3. The molecule has 2 heterocycles. The molecule has 0 aliphatic heterocycles. The van der Waals surface area contributed by atoms with Crippen LogP contribution in [0.15, 0.2) is 11.6 Å². The Bertz CT molecular complexity index is 433. The highest BCUT2D eigenvalue weighted by Gasteiger charge is 2.02. The van der Waals surface area contributed by atoms with Gasteiger partial charge in [0.05, 0.1) is 29.1 Å². The molecule has 2 aromatic heterocycles. The third-order valence-electron chi connectivity index (χ3n) is 1.93. The number of aryl methyl sites for hydroxylation is 1. The van der Waals surface area contributed by atoms with Gasteiger partial charge in [-0.3, -0.25) is 0 Å². The van der Waals surface area contributed by atoms with Crippen molar-refractivity contribution in [2.24, 2.45) is 0 Å². The second-order valence-corrected chi connectivity index (χ2v) is 4.36. The van der Waals surface area contributed by atoms with Crippen LogP contribution in [-0.4, -0.2) is 27.0 Å². The molecule has 0 aromatic carbocycles. The average molecular weight is 223 g/mol.